The summed E-state index contributed by atoms with van der Waals surface area (Å²) >= 11 is 1.46. The lowest BCUT2D eigenvalue weighted by molar-refractivity contribution is -0.141. The SMILES string of the molecule is CC(C)=CCC/C(C)=C/CC/C(C)=C/CSCC(NC(=O)CCC(C)N1C(=O)c2ccccc2C1=O)C(=O)O. The first-order chi connectivity index (χ1) is 18.5. The van der Waals surface area contributed by atoms with Crippen molar-refractivity contribution in [3.05, 3.63) is 70.3 Å². The number of nitrogens with one attached hydrogen (secondary N) is 1. The molecule has 39 heavy (non-hydrogen) atoms. The number of hydrogen-bond acceptors (Lipinski definition) is 5. The first kappa shape index (κ1) is 32.1. The first-order valence-electron chi connectivity index (χ1n) is 13.5. The molecule has 0 radical (unpaired) electrons. The van der Waals surface area contributed by atoms with Crippen LogP contribution in [0.15, 0.2) is 59.2 Å². The lowest BCUT2D eigenvalue weighted by atomic mass is 10.1. The van der Waals surface area contributed by atoms with Gasteiger partial charge in [-0.3, -0.25) is 19.3 Å². The van der Waals surface area contributed by atoms with Gasteiger partial charge in [0.2, 0.25) is 5.91 Å². The van der Waals surface area contributed by atoms with E-state index in [0.29, 0.717) is 16.9 Å². The molecule has 1 aliphatic heterocycles. The van der Waals surface area contributed by atoms with Crippen molar-refractivity contribution < 1.29 is 24.3 Å². The van der Waals surface area contributed by atoms with Crippen LogP contribution in [0.2, 0.25) is 0 Å². The van der Waals surface area contributed by atoms with Gasteiger partial charge >= 0.3 is 5.97 Å². The highest BCUT2D eigenvalue weighted by molar-refractivity contribution is 7.99. The predicted octanol–water partition coefficient (Wildman–Crippen LogP) is 6.17. The standard InChI is InChI=1S/C31H42N2O5S/c1-21(2)10-8-11-22(3)12-9-13-23(4)18-19-39-20-27(31(37)38)32-28(34)17-16-24(5)33-29(35)25-14-6-7-15-26(25)30(33)36/h6-7,10,12,14-15,18,24,27H,8-9,11,13,16-17,19-20H2,1-5H3,(H,32,34)(H,37,38)/b22-12+,23-18+. The molecule has 0 saturated carbocycles. The minimum absolute atomic E-state index is 0.0172. The Kier molecular flexibility index (Phi) is 13.2. The normalized spacial score (nSPS) is 15.2. The number of carbonyl (C=O) groups excluding carboxylic acids is 3. The van der Waals surface area contributed by atoms with Gasteiger partial charge < -0.3 is 10.4 Å². The number of hydrogen-bond donors (Lipinski definition) is 2. The third-order valence-corrected chi connectivity index (χ3v) is 7.62. The predicted molar refractivity (Wildman–Crippen MR) is 158 cm³/mol. The number of allylic oxidation sites excluding steroid dienone is 5. The molecule has 7 nitrogen and oxygen atoms in total. The molecule has 2 rings (SSSR count). The van der Waals surface area contributed by atoms with Crippen LogP contribution in [0.3, 0.4) is 0 Å². The van der Waals surface area contributed by atoms with E-state index in [1.54, 1.807) is 31.2 Å². The molecular weight excluding hydrogens is 512 g/mol. The van der Waals surface area contributed by atoms with Crippen molar-refractivity contribution in [3.8, 4) is 0 Å². The number of amides is 3. The molecule has 3 amide bonds. The Morgan fingerprint density at radius 2 is 1.49 bits per heavy atom. The number of aliphatic carboxylic acids is 1. The van der Waals surface area contributed by atoms with Crippen LogP contribution in [-0.2, 0) is 9.59 Å². The van der Waals surface area contributed by atoms with Crippen LogP contribution >= 0.6 is 11.8 Å². The second-order valence-corrected chi connectivity index (χ2v) is 11.4. The summed E-state index contributed by atoms with van der Waals surface area (Å²) in [6, 6.07) is 5.17. The molecular formula is C31H42N2O5S. The molecule has 0 spiro atoms. The number of fused-ring (bicyclic) bond motifs is 1. The summed E-state index contributed by atoms with van der Waals surface area (Å²) in [4.78, 5) is 50.6. The Morgan fingerprint density at radius 3 is 2.05 bits per heavy atom. The zero-order valence-corrected chi connectivity index (χ0v) is 24.6. The Bertz CT molecular complexity index is 1100. The van der Waals surface area contributed by atoms with Gasteiger partial charge in [0, 0.05) is 24.0 Å². The number of rotatable bonds is 16. The monoisotopic (exact) mass is 554 g/mol. The minimum atomic E-state index is -1.08. The maximum atomic E-state index is 12.6. The van der Waals surface area contributed by atoms with E-state index >= 15 is 0 Å². The molecule has 1 aliphatic rings. The molecule has 0 bridgehead atoms. The maximum Gasteiger partial charge on any atom is 0.327 e. The molecule has 0 saturated heterocycles. The lowest BCUT2D eigenvalue weighted by Crippen LogP contribution is -2.43. The van der Waals surface area contributed by atoms with E-state index in [-0.39, 0.29) is 30.4 Å². The highest BCUT2D eigenvalue weighted by Crippen LogP contribution is 2.25. The number of thioether (sulfide) groups is 1. The molecule has 1 aromatic rings. The fourth-order valence-corrected chi connectivity index (χ4v) is 5.24. The summed E-state index contributed by atoms with van der Waals surface area (Å²) in [5, 5.41) is 12.1. The van der Waals surface area contributed by atoms with Crippen molar-refractivity contribution in [1.82, 2.24) is 10.2 Å². The summed E-state index contributed by atoms with van der Waals surface area (Å²) in [7, 11) is 0. The van der Waals surface area contributed by atoms with Crippen LogP contribution in [0.4, 0.5) is 0 Å². The van der Waals surface area contributed by atoms with Crippen LogP contribution in [-0.4, -0.2) is 57.3 Å². The van der Waals surface area contributed by atoms with Crippen LogP contribution < -0.4 is 5.32 Å². The topological polar surface area (TPSA) is 104 Å². The smallest absolute Gasteiger partial charge is 0.327 e. The van der Waals surface area contributed by atoms with Gasteiger partial charge in [0.25, 0.3) is 11.8 Å². The summed E-state index contributed by atoms with van der Waals surface area (Å²) in [5.41, 5.74) is 4.74. The third-order valence-electron chi connectivity index (χ3n) is 6.65. The Balaban J connectivity index is 1.73. The van der Waals surface area contributed by atoms with Gasteiger partial charge in [-0.25, -0.2) is 4.79 Å². The summed E-state index contributed by atoms with van der Waals surface area (Å²) in [6.45, 7) is 10.2. The first-order valence-corrected chi connectivity index (χ1v) is 14.7. The average molecular weight is 555 g/mol. The van der Waals surface area contributed by atoms with Crippen molar-refractivity contribution in [2.75, 3.05) is 11.5 Å². The quantitative estimate of drug-likeness (QED) is 0.144. The van der Waals surface area contributed by atoms with Gasteiger partial charge in [0.1, 0.15) is 6.04 Å². The molecule has 1 aromatic carbocycles. The van der Waals surface area contributed by atoms with Gasteiger partial charge in [-0.15, -0.1) is 0 Å². The van der Waals surface area contributed by atoms with Gasteiger partial charge in [0.15, 0.2) is 0 Å². The van der Waals surface area contributed by atoms with E-state index in [2.05, 4.69) is 51.2 Å². The second kappa shape index (κ2) is 16.1. The van der Waals surface area contributed by atoms with Crippen LogP contribution in [0.1, 0.15) is 93.9 Å². The number of imide groups is 1. The van der Waals surface area contributed by atoms with E-state index in [4.69, 9.17) is 0 Å². The molecule has 0 fully saturated rings. The fraction of sp³-hybridized carbons (Fsp3) is 0.484. The molecule has 2 atom stereocenters. The Labute approximate surface area is 236 Å². The summed E-state index contributed by atoms with van der Waals surface area (Å²) in [6.07, 6.45) is 11.0. The lowest BCUT2D eigenvalue weighted by Gasteiger charge is -2.22. The number of carboxylic acids is 1. The van der Waals surface area contributed by atoms with Crippen molar-refractivity contribution in [2.24, 2.45) is 0 Å². The van der Waals surface area contributed by atoms with Crippen molar-refractivity contribution >= 4 is 35.5 Å². The van der Waals surface area contributed by atoms with E-state index in [9.17, 15) is 24.3 Å². The molecule has 212 valence electrons. The van der Waals surface area contributed by atoms with Crippen molar-refractivity contribution in [3.63, 3.8) is 0 Å². The average Bonchev–Trinajstić information content (AvgIpc) is 3.14. The van der Waals surface area contributed by atoms with Gasteiger partial charge in [-0.05, 0) is 78.9 Å². The van der Waals surface area contributed by atoms with Gasteiger partial charge in [-0.1, -0.05) is 47.1 Å². The number of nitrogens with zero attached hydrogens (tertiary/aromatic N) is 1. The van der Waals surface area contributed by atoms with Crippen LogP contribution in [0, 0.1) is 0 Å². The number of carboxylic acid groups (broad SMARTS) is 1. The molecule has 2 N–H and O–H groups in total. The molecule has 2 unspecified atom stereocenters. The van der Waals surface area contributed by atoms with Gasteiger partial charge in [0.05, 0.1) is 11.1 Å². The van der Waals surface area contributed by atoms with Crippen molar-refractivity contribution in [2.45, 2.75) is 85.2 Å². The minimum Gasteiger partial charge on any atom is -0.480 e. The third kappa shape index (κ3) is 10.5. The number of carbonyl (C=O) groups is 4. The Hall–Kier alpha value is -3.13. The molecule has 0 aromatic heterocycles. The van der Waals surface area contributed by atoms with E-state index in [1.807, 2.05) is 0 Å². The van der Waals surface area contributed by atoms with E-state index in [0.717, 1.165) is 25.7 Å². The molecule has 0 aliphatic carbocycles. The van der Waals surface area contributed by atoms with Crippen LogP contribution in [0.5, 0.6) is 0 Å². The molecule has 1 heterocycles. The van der Waals surface area contributed by atoms with Crippen LogP contribution in [0.25, 0.3) is 0 Å². The highest BCUT2D eigenvalue weighted by Gasteiger charge is 2.38. The molecule has 8 heteroatoms. The van der Waals surface area contributed by atoms with E-state index in [1.165, 1.54) is 33.4 Å². The Morgan fingerprint density at radius 1 is 0.923 bits per heavy atom. The van der Waals surface area contributed by atoms with Gasteiger partial charge in [-0.2, -0.15) is 11.8 Å². The second-order valence-electron chi connectivity index (χ2n) is 10.4. The number of benzene rings is 1. The largest absolute Gasteiger partial charge is 0.480 e. The van der Waals surface area contributed by atoms with Crippen molar-refractivity contribution in [1.29, 1.82) is 0 Å². The summed E-state index contributed by atoms with van der Waals surface area (Å²) < 4.78 is 0. The summed E-state index contributed by atoms with van der Waals surface area (Å²) in [5.74, 6) is -1.30. The maximum absolute atomic E-state index is 12.6. The van der Waals surface area contributed by atoms with E-state index < -0.39 is 24.0 Å². The fourth-order valence-electron chi connectivity index (χ4n) is 4.24. The zero-order valence-electron chi connectivity index (χ0n) is 23.8. The highest BCUT2D eigenvalue weighted by atomic mass is 32.2. The zero-order chi connectivity index (χ0) is 28.9.